The van der Waals surface area contributed by atoms with Gasteiger partial charge in [-0.05, 0) is 38.5 Å². The van der Waals surface area contributed by atoms with Crippen molar-refractivity contribution in [2.24, 2.45) is 0 Å². The van der Waals surface area contributed by atoms with E-state index in [2.05, 4.69) is 39.1 Å². The predicted octanol–water partition coefficient (Wildman–Crippen LogP) is 3.37. The molecule has 0 amide bonds. The molecule has 4 heteroatoms. The van der Waals surface area contributed by atoms with E-state index in [0.29, 0.717) is 10.8 Å². The first-order chi connectivity index (χ1) is 9.33. The van der Waals surface area contributed by atoms with E-state index in [0.717, 1.165) is 13.1 Å². The third kappa shape index (κ3) is 2.84. The van der Waals surface area contributed by atoms with Gasteiger partial charge in [-0.2, -0.15) is 11.8 Å². The first kappa shape index (κ1) is 13.5. The molecule has 2 fully saturated rings. The molecular weight excluding hydrogens is 254 g/mol. The molecule has 2 aliphatic rings. The topological polar surface area (TPSA) is 29.9 Å². The van der Waals surface area contributed by atoms with Crippen LogP contribution in [0.25, 0.3) is 0 Å². The van der Waals surface area contributed by atoms with E-state index in [9.17, 15) is 0 Å². The van der Waals surface area contributed by atoms with E-state index in [4.69, 9.17) is 0 Å². The number of nitrogens with one attached hydrogen (secondary N) is 1. The summed E-state index contributed by atoms with van der Waals surface area (Å²) >= 11 is 2.07. The first-order valence-corrected chi connectivity index (χ1v) is 8.84. The fourth-order valence-corrected chi connectivity index (χ4v) is 4.59. The summed E-state index contributed by atoms with van der Waals surface area (Å²) < 4.78 is 2.87. The van der Waals surface area contributed by atoms with Gasteiger partial charge in [0.25, 0.3) is 0 Å². The maximum Gasteiger partial charge on any atom is 0.0949 e. The minimum atomic E-state index is 0.451. The molecule has 1 aromatic rings. The normalized spacial score (nSPS) is 26.7. The van der Waals surface area contributed by atoms with Gasteiger partial charge < -0.3 is 9.88 Å². The lowest BCUT2D eigenvalue weighted by molar-refractivity contribution is 0.351. The Morgan fingerprint density at radius 1 is 1.37 bits per heavy atom. The van der Waals surface area contributed by atoms with Gasteiger partial charge in [-0.3, -0.25) is 0 Å². The van der Waals surface area contributed by atoms with Crippen LogP contribution in [0.2, 0.25) is 0 Å². The lowest BCUT2D eigenvalue weighted by atomic mass is 9.88. The summed E-state index contributed by atoms with van der Waals surface area (Å²) in [5.41, 5.74) is 1.40. The van der Waals surface area contributed by atoms with Gasteiger partial charge in [-0.25, -0.2) is 4.98 Å². The standard InChI is InChI=1S/C15H25N3S/c1-19-15(7-3-2-4-8-15)11-18-12-16-10-14(18)13-6-5-9-17-13/h10,12-13,17H,2-9,11H2,1H3. The number of hydrogen-bond donors (Lipinski definition) is 1. The van der Waals surface area contributed by atoms with Gasteiger partial charge in [0.1, 0.15) is 0 Å². The molecule has 0 bridgehead atoms. The van der Waals surface area contributed by atoms with Crippen LogP contribution >= 0.6 is 11.8 Å². The smallest absolute Gasteiger partial charge is 0.0949 e. The quantitative estimate of drug-likeness (QED) is 0.916. The second-order valence-corrected chi connectivity index (χ2v) is 7.32. The Labute approximate surface area is 120 Å². The molecule has 106 valence electrons. The van der Waals surface area contributed by atoms with Gasteiger partial charge >= 0.3 is 0 Å². The highest BCUT2D eigenvalue weighted by Gasteiger charge is 2.32. The summed E-state index contributed by atoms with van der Waals surface area (Å²) in [7, 11) is 0. The molecule has 1 unspecified atom stereocenters. The lowest BCUT2D eigenvalue weighted by Crippen LogP contribution is -2.34. The average molecular weight is 279 g/mol. The second-order valence-electron chi connectivity index (χ2n) is 6.04. The zero-order chi connectivity index (χ0) is 13.1. The van der Waals surface area contributed by atoms with Crippen LogP contribution in [-0.4, -0.2) is 27.1 Å². The van der Waals surface area contributed by atoms with Crippen LogP contribution in [0.5, 0.6) is 0 Å². The van der Waals surface area contributed by atoms with Crippen molar-refractivity contribution in [1.29, 1.82) is 0 Å². The van der Waals surface area contributed by atoms with Gasteiger partial charge in [0.15, 0.2) is 0 Å². The first-order valence-electron chi connectivity index (χ1n) is 7.62. The number of hydrogen-bond acceptors (Lipinski definition) is 3. The maximum atomic E-state index is 4.41. The van der Waals surface area contributed by atoms with E-state index in [1.165, 1.54) is 50.6 Å². The molecule has 19 heavy (non-hydrogen) atoms. The summed E-state index contributed by atoms with van der Waals surface area (Å²) in [6, 6.07) is 0.532. The van der Waals surface area contributed by atoms with Crippen LogP contribution in [0.1, 0.15) is 56.7 Å². The zero-order valence-electron chi connectivity index (χ0n) is 11.9. The van der Waals surface area contributed by atoms with Gasteiger partial charge in [-0.15, -0.1) is 0 Å². The molecular formula is C15H25N3S. The molecule has 1 saturated carbocycles. The van der Waals surface area contributed by atoms with E-state index >= 15 is 0 Å². The molecule has 1 atom stereocenters. The number of imidazole rings is 1. The van der Waals surface area contributed by atoms with Crippen LogP contribution in [0.4, 0.5) is 0 Å². The van der Waals surface area contributed by atoms with Crippen LogP contribution < -0.4 is 5.32 Å². The van der Waals surface area contributed by atoms with Crippen LogP contribution in [0.15, 0.2) is 12.5 Å². The summed E-state index contributed by atoms with van der Waals surface area (Å²) in [5, 5.41) is 3.60. The largest absolute Gasteiger partial charge is 0.332 e. The van der Waals surface area contributed by atoms with Crippen molar-refractivity contribution in [3.63, 3.8) is 0 Å². The van der Waals surface area contributed by atoms with Crippen molar-refractivity contribution in [3.05, 3.63) is 18.2 Å². The van der Waals surface area contributed by atoms with Crippen LogP contribution in [-0.2, 0) is 6.54 Å². The highest BCUT2D eigenvalue weighted by atomic mass is 32.2. The van der Waals surface area contributed by atoms with Crippen molar-refractivity contribution < 1.29 is 0 Å². The van der Waals surface area contributed by atoms with E-state index < -0.39 is 0 Å². The summed E-state index contributed by atoms with van der Waals surface area (Å²) in [6.07, 6.45) is 15.9. The number of thioether (sulfide) groups is 1. The molecule has 1 saturated heterocycles. The van der Waals surface area contributed by atoms with Gasteiger partial charge in [0.2, 0.25) is 0 Å². The van der Waals surface area contributed by atoms with E-state index in [-0.39, 0.29) is 0 Å². The molecule has 0 aromatic carbocycles. The maximum absolute atomic E-state index is 4.41. The molecule has 1 aromatic heterocycles. The Morgan fingerprint density at radius 2 is 2.21 bits per heavy atom. The Kier molecular flexibility index (Phi) is 4.18. The summed E-state index contributed by atoms with van der Waals surface area (Å²) in [6.45, 7) is 2.30. The van der Waals surface area contributed by atoms with Crippen molar-refractivity contribution in [1.82, 2.24) is 14.9 Å². The van der Waals surface area contributed by atoms with Crippen molar-refractivity contribution in [3.8, 4) is 0 Å². The molecule has 1 aliphatic heterocycles. The Balaban J connectivity index is 1.76. The fraction of sp³-hybridized carbons (Fsp3) is 0.800. The molecule has 2 heterocycles. The molecule has 0 spiro atoms. The SMILES string of the molecule is CSC1(Cn2cncc2C2CCCN2)CCCCC1. The average Bonchev–Trinajstić information content (AvgIpc) is 3.10. The summed E-state index contributed by atoms with van der Waals surface area (Å²) in [5.74, 6) is 0. The van der Waals surface area contributed by atoms with E-state index in [1.807, 2.05) is 6.33 Å². The number of aromatic nitrogens is 2. The zero-order valence-corrected chi connectivity index (χ0v) is 12.7. The minimum Gasteiger partial charge on any atom is -0.332 e. The summed E-state index contributed by atoms with van der Waals surface area (Å²) in [4.78, 5) is 4.41. The number of rotatable bonds is 4. The number of nitrogens with zero attached hydrogens (tertiary/aromatic N) is 2. The van der Waals surface area contributed by atoms with Crippen molar-refractivity contribution >= 4 is 11.8 Å². The Hall–Kier alpha value is -0.480. The Bertz CT molecular complexity index is 403. The molecule has 3 rings (SSSR count). The van der Waals surface area contributed by atoms with Gasteiger partial charge in [-0.1, -0.05) is 19.3 Å². The van der Waals surface area contributed by atoms with Crippen molar-refractivity contribution in [2.75, 3.05) is 12.8 Å². The van der Waals surface area contributed by atoms with Gasteiger partial charge in [0.05, 0.1) is 12.0 Å². The Morgan fingerprint density at radius 3 is 2.89 bits per heavy atom. The molecule has 3 nitrogen and oxygen atoms in total. The van der Waals surface area contributed by atoms with Gasteiger partial charge in [0, 0.05) is 23.5 Å². The minimum absolute atomic E-state index is 0.451. The molecule has 1 aliphatic carbocycles. The molecule has 1 N–H and O–H groups in total. The van der Waals surface area contributed by atoms with E-state index in [1.54, 1.807) is 0 Å². The lowest BCUT2D eigenvalue weighted by Gasteiger charge is -2.36. The van der Waals surface area contributed by atoms with Crippen LogP contribution in [0.3, 0.4) is 0 Å². The molecule has 0 radical (unpaired) electrons. The van der Waals surface area contributed by atoms with Crippen molar-refractivity contribution in [2.45, 2.75) is 62.3 Å². The highest BCUT2D eigenvalue weighted by Crippen LogP contribution is 2.40. The highest BCUT2D eigenvalue weighted by molar-refractivity contribution is 8.00. The third-order valence-corrected chi connectivity index (χ3v) is 6.22. The fourth-order valence-electron chi connectivity index (χ4n) is 3.62. The monoisotopic (exact) mass is 279 g/mol. The van der Waals surface area contributed by atoms with Crippen LogP contribution in [0, 0.1) is 0 Å². The second kappa shape index (κ2) is 5.88. The predicted molar refractivity (Wildman–Crippen MR) is 81.5 cm³/mol. The third-order valence-electron chi connectivity index (χ3n) is 4.82.